The van der Waals surface area contributed by atoms with Crippen molar-refractivity contribution in [2.45, 2.75) is 13.5 Å². The van der Waals surface area contributed by atoms with Crippen LogP contribution in [0.3, 0.4) is 0 Å². The molecule has 0 amide bonds. The zero-order valence-corrected chi connectivity index (χ0v) is 13.6. The van der Waals surface area contributed by atoms with E-state index in [4.69, 9.17) is 4.74 Å². The predicted molar refractivity (Wildman–Crippen MR) is 89.4 cm³/mol. The predicted octanol–water partition coefficient (Wildman–Crippen LogP) is 3.47. The van der Waals surface area contributed by atoms with Gasteiger partial charge in [0.2, 0.25) is 5.88 Å². The summed E-state index contributed by atoms with van der Waals surface area (Å²) in [6.45, 7) is 2.80. The lowest BCUT2D eigenvalue weighted by atomic mass is 10.1. The van der Waals surface area contributed by atoms with Gasteiger partial charge in [-0.15, -0.1) is 0 Å². The number of anilines is 1. The van der Waals surface area contributed by atoms with Crippen LogP contribution in [0.2, 0.25) is 0 Å². The van der Waals surface area contributed by atoms with E-state index in [0.29, 0.717) is 12.4 Å². The molecule has 0 radical (unpaired) electrons. The van der Waals surface area contributed by atoms with Crippen LogP contribution in [0.5, 0.6) is 5.88 Å². The third kappa shape index (κ3) is 2.96. The molecule has 0 saturated carbocycles. The first kappa shape index (κ1) is 14.6. The lowest BCUT2D eigenvalue weighted by Crippen LogP contribution is -2.03. The molecule has 6 heteroatoms. The molecule has 22 heavy (non-hydrogen) atoms. The van der Waals surface area contributed by atoms with Gasteiger partial charge in [0.15, 0.2) is 0 Å². The fourth-order valence-electron chi connectivity index (χ4n) is 2.28. The molecule has 0 aliphatic heterocycles. The number of methoxy groups -OCH3 is 1. The Morgan fingerprint density at radius 2 is 2.09 bits per heavy atom. The first-order valence-electron chi connectivity index (χ1n) is 7.01. The first-order valence-corrected chi connectivity index (χ1v) is 7.78. The highest BCUT2D eigenvalue weighted by atomic mass is 32.1. The average Bonchev–Trinajstić information content (AvgIpc) is 3.12. The molecule has 3 rings (SSSR count). The highest BCUT2D eigenvalue weighted by molar-refractivity contribution is 7.05. The molecule has 1 N–H and O–H groups in total. The summed E-state index contributed by atoms with van der Waals surface area (Å²) in [6.07, 6.45) is 0. The molecule has 0 unspecified atom stereocenters. The van der Waals surface area contributed by atoms with Crippen LogP contribution in [0, 0.1) is 6.92 Å². The van der Waals surface area contributed by atoms with Crippen molar-refractivity contribution in [3.05, 3.63) is 46.8 Å². The van der Waals surface area contributed by atoms with Gasteiger partial charge in [-0.2, -0.15) is 9.47 Å². The number of hydrogen-bond donors (Lipinski definition) is 1. The van der Waals surface area contributed by atoms with Crippen molar-refractivity contribution in [3.8, 4) is 17.1 Å². The van der Waals surface area contributed by atoms with E-state index < -0.39 is 0 Å². The maximum absolute atomic E-state index is 5.10. The van der Waals surface area contributed by atoms with Crippen LogP contribution in [-0.4, -0.2) is 21.3 Å². The van der Waals surface area contributed by atoms with Gasteiger partial charge in [0.25, 0.3) is 0 Å². The average molecular weight is 314 g/mol. The Kier molecular flexibility index (Phi) is 4.11. The summed E-state index contributed by atoms with van der Waals surface area (Å²) in [5.74, 6) is 1.64. The van der Waals surface area contributed by atoms with Crippen LogP contribution in [0.4, 0.5) is 5.82 Å². The minimum atomic E-state index is 0.660. The van der Waals surface area contributed by atoms with Crippen molar-refractivity contribution in [1.82, 2.24) is 14.2 Å². The summed E-state index contributed by atoms with van der Waals surface area (Å²) >= 11 is 1.44. The van der Waals surface area contributed by atoms with Crippen molar-refractivity contribution in [1.29, 1.82) is 0 Å². The van der Waals surface area contributed by atoms with E-state index in [1.54, 1.807) is 7.11 Å². The Morgan fingerprint density at radius 3 is 2.82 bits per heavy atom. The fraction of sp³-hybridized carbons (Fsp3) is 0.250. The topological polar surface area (TPSA) is 52.0 Å². The second kappa shape index (κ2) is 6.19. The fourth-order valence-corrected chi connectivity index (χ4v) is 2.90. The third-order valence-electron chi connectivity index (χ3n) is 3.49. The molecule has 0 bridgehead atoms. The van der Waals surface area contributed by atoms with Gasteiger partial charge in [-0.25, -0.2) is 0 Å². The summed E-state index contributed by atoms with van der Waals surface area (Å²) in [5, 5.41) is 7.98. The molecule has 0 atom stereocenters. The van der Waals surface area contributed by atoms with Gasteiger partial charge in [0.05, 0.1) is 19.3 Å². The molecule has 114 valence electrons. The number of nitrogens with one attached hydrogen (secondary N) is 1. The molecule has 2 heterocycles. The second-order valence-corrected chi connectivity index (χ2v) is 5.93. The summed E-state index contributed by atoms with van der Waals surface area (Å²) in [4.78, 5) is 1.12. The normalized spacial score (nSPS) is 10.7. The number of hydrogen-bond acceptors (Lipinski definition) is 5. The monoisotopic (exact) mass is 314 g/mol. The van der Waals surface area contributed by atoms with Gasteiger partial charge in [-0.3, -0.25) is 4.68 Å². The van der Waals surface area contributed by atoms with Crippen LogP contribution in [0.15, 0.2) is 36.4 Å². The zero-order chi connectivity index (χ0) is 15.5. The Bertz CT molecular complexity index is 778. The van der Waals surface area contributed by atoms with E-state index in [1.807, 2.05) is 29.9 Å². The molecular formula is C16H18N4OS. The third-order valence-corrected chi connectivity index (χ3v) is 4.26. The second-order valence-electron chi connectivity index (χ2n) is 5.04. The Balaban J connectivity index is 1.76. The van der Waals surface area contributed by atoms with Crippen LogP contribution in [0.1, 0.15) is 10.4 Å². The van der Waals surface area contributed by atoms with E-state index in [9.17, 15) is 0 Å². The number of rotatable bonds is 5. The quantitative estimate of drug-likeness (QED) is 0.783. The lowest BCUT2D eigenvalue weighted by Gasteiger charge is -2.03. The number of aromatic nitrogens is 3. The van der Waals surface area contributed by atoms with E-state index >= 15 is 0 Å². The van der Waals surface area contributed by atoms with Crippen molar-refractivity contribution >= 4 is 17.4 Å². The van der Waals surface area contributed by atoms with E-state index in [0.717, 1.165) is 22.0 Å². The minimum Gasteiger partial charge on any atom is -0.480 e. The maximum atomic E-state index is 5.10. The largest absolute Gasteiger partial charge is 0.480 e. The van der Waals surface area contributed by atoms with Gasteiger partial charge in [-0.1, -0.05) is 24.3 Å². The van der Waals surface area contributed by atoms with Crippen LogP contribution in [-0.2, 0) is 13.6 Å². The summed E-state index contributed by atoms with van der Waals surface area (Å²) in [7, 11) is 3.57. The molecule has 0 spiro atoms. The summed E-state index contributed by atoms with van der Waals surface area (Å²) in [6, 6.07) is 12.3. The van der Waals surface area contributed by atoms with E-state index in [-0.39, 0.29) is 0 Å². The summed E-state index contributed by atoms with van der Waals surface area (Å²) in [5.41, 5.74) is 3.36. The van der Waals surface area contributed by atoms with Crippen molar-refractivity contribution < 1.29 is 4.74 Å². The Labute approximate surface area is 133 Å². The first-order chi connectivity index (χ1) is 10.7. The molecule has 0 fully saturated rings. The highest BCUT2D eigenvalue weighted by Gasteiger charge is 2.09. The zero-order valence-electron chi connectivity index (χ0n) is 12.8. The standard InChI is InChI=1S/C16H18N4OS/c1-11-6-4-5-7-13(11)14-9-15(20(2)18-14)17-10-12-8-16(21-3)19-22-12/h4-9,17H,10H2,1-3H3. The van der Waals surface area contributed by atoms with Gasteiger partial charge in [0.1, 0.15) is 5.82 Å². The molecule has 1 aromatic carbocycles. The van der Waals surface area contributed by atoms with Gasteiger partial charge in [-0.05, 0) is 24.0 Å². The Morgan fingerprint density at radius 1 is 1.27 bits per heavy atom. The highest BCUT2D eigenvalue weighted by Crippen LogP contribution is 2.25. The Hall–Kier alpha value is -2.34. The van der Waals surface area contributed by atoms with Gasteiger partial charge < -0.3 is 10.1 Å². The molecule has 0 aliphatic carbocycles. The van der Waals surface area contributed by atoms with Crippen LogP contribution in [0.25, 0.3) is 11.3 Å². The van der Waals surface area contributed by atoms with Crippen molar-refractivity contribution in [3.63, 3.8) is 0 Å². The minimum absolute atomic E-state index is 0.660. The van der Waals surface area contributed by atoms with Crippen molar-refractivity contribution in [2.75, 3.05) is 12.4 Å². The van der Waals surface area contributed by atoms with Crippen molar-refractivity contribution in [2.24, 2.45) is 7.05 Å². The number of nitrogens with zero attached hydrogens (tertiary/aromatic N) is 3. The van der Waals surface area contributed by atoms with Crippen LogP contribution < -0.4 is 10.1 Å². The molecule has 5 nitrogen and oxygen atoms in total. The number of benzene rings is 1. The molecule has 3 aromatic rings. The summed E-state index contributed by atoms with van der Waals surface area (Å²) < 4.78 is 11.2. The molecule has 0 aliphatic rings. The SMILES string of the molecule is COc1cc(CNc2cc(-c3ccccc3C)nn2C)sn1. The van der Waals surface area contributed by atoms with E-state index in [2.05, 4.69) is 39.9 Å². The molecule has 0 saturated heterocycles. The van der Waals surface area contributed by atoms with Crippen LogP contribution >= 0.6 is 11.5 Å². The van der Waals surface area contributed by atoms with E-state index in [1.165, 1.54) is 17.1 Å². The maximum Gasteiger partial charge on any atom is 0.225 e. The smallest absolute Gasteiger partial charge is 0.225 e. The molecular weight excluding hydrogens is 296 g/mol. The van der Waals surface area contributed by atoms with Gasteiger partial charge in [0, 0.05) is 29.6 Å². The lowest BCUT2D eigenvalue weighted by molar-refractivity contribution is 0.402. The van der Waals surface area contributed by atoms with Gasteiger partial charge >= 0.3 is 0 Å². The number of aryl methyl sites for hydroxylation is 2. The number of ether oxygens (including phenoxy) is 1. The molecule has 2 aromatic heterocycles.